The molecule has 6 heteroatoms. The molecule has 0 fully saturated rings. The Morgan fingerprint density at radius 3 is 0.699 bits per heavy atom. The molecule has 0 heterocycles. The highest BCUT2D eigenvalue weighted by Crippen LogP contribution is 2.18. The fraction of sp³-hybridized carbons (Fsp3) is 0.831. The molecule has 0 rings (SSSR count). The van der Waals surface area contributed by atoms with Gasteiger partial charge < -0.3 is 14.2 Å². The highest BCUT2D eigenvalue weighted by atomic mass is 16.6. The highest BCUT2D eigenvalue weighted by Gasteiger charge is 2.19. The zero-order valence-electron chi connectivity index (χ0n) is 55.7. The van der Waals surface area contributed by atoms with Crippen LogP contribution in [0, 0.1) is 0 Å². The van der Waals surface area contributed by atoms with E-state index in [4.69, 9.17) is 14.2 Å². The van der Waals surface area contributed by atoms with Crippen molar-refractivity contribution >= 4 is 17.9 Å². The molecule has 0 aromatic carbocycles. The number of hydrogen-bond acceptors (Lipinski definition) is 6. The molecule has 1 unspecified atom stereocenters. The highest BCUT2D eigenvalue weighted by molar-refractivity contribution is 5.71. The van der Waals surface area contributed by atoms with Crippen LogP contribution in [0.4, 0.5) is 0 Å². The second-order valence-electron chi connectivity index (χ2n) is 24.8. The third-order valence-electron chi connectivity index (χ3n) is 16.5. The number of carbonyl (C=O) groups is 3. The Bertz CT molecular complexity index is 1470. The maximum absolute atomic E-state index is 13.0. The van der Waals surface area contributed by atoms with Gasteiger partial charge in [-0.05, 0) is 109 Å². The molecule has 0 aliphatic carbocycles. The third kappa shape index (κ3) is 69.8. The summed E-state index contributed by atoms with van der Waals surface area (Å²) in [6.07, 6.45) is 92.6. The standard InChI is InChI=1S/C77H140O6/c1-4-7-10-13-16-19-22-25-28-30-32-33-34-35-36-37-38-39-40-41-42-43-45-46-49-52-55-58-61-64-67-70-76(79)82-73-74(72-81-75(78)69-66-63-60-57-54-51-48-27-24-21-18-15-12-9-6-3)83-77(80)71-68-65-62-59-56-53-50-47-44-31-29-26-23-20-17-14-11-8-5-2/h17,20,22,25-27,29-30,32,48,74H,4-16,18-19,21,23-24,28,31,33-47,49-73H2,1-3H3/b20-17-,25-22-,29-26-,32-30-,48-27-. The fourth-order valence-corrected chi connectivity index (χ4v) is 10.9. The second-order valence-corrected chi connectivity index (χ2v) is 24.8. The molecule has 0 saturated heterocycles. The fourth-order valence-electron chi connectivity index (χ4n) is 10.9. The summed E-state index contributed by atoms with van der Waals surface area (Å²) in [5.41, 5.74) is 0. The average molecular weight is 1160 g/mol. The molecule has 0 aliphatic rings. The minimum Gasteiger partial charge on any atom is -0.462 e. The average Bonchev–Trinajstić information content (AvgIpc) is 3.49. The van der Waals surface area contributed by atoms with Gasteiger partial charge in [0.25, 0.3) is 0 Å². The Balaban J connectivity index is 4.21. The molecule has 6 nitrogen and oxygen atoms in total. The van der Waals surface area contributed by atoms with Crippen LogP contribution in [0.15, 0.2) is 60.8 Å². The summed E-state index contributed by atoms with van der Waals surface area (Å²) in [4.78, 5) is 38.5. The van der Waals surface area contributed by atoms with Crippen molar-refractivity contribution in [3.8, 4) is 0 Å². The molecule has 0 bridgehead atoms. The largest absolute Gasteiger partial charge is 0.462 e. The SMILES string of the molecule is CCCCC/C=C\C/C=C\CCCCCCCCCCCC(=O)OC(COC(=O)CCCCCCC/C=C\CCCCCCCC)COC(=O)CCCCCCCCCCCCCCCCCCCCC/C=C\C/C=C\CCCCCCC. The molecule has 1 atom stereocenters. The Hall–Kier alpha value is -2.89. The molecular formula is C77H140O6. The minimum atomic E-state index is -0.780. The zero-order chi connectivity index (χ0) is 59.9. The normalized spacial score (nSPS) is 12.4. The second kappa shape index (κ2) is 71.6. The van der Waals surface area contributed by atoms with Crippen molar-refractivity contribution in [1.82, 2.24) is 0 Å². The van der Waals surface area contributed by atoms with Crippen molar-refractivity contribution in [2.24, 2.45) is 0 Å². The van der Waals surface area contributed by atoms with Crippen molar-refractivity contribution in [3.63, 3.8) is 0 Å². The van der Waals surface area contributed by atoms with Crippen LogP contribution in [0.2, 0.25) is 0 Å². The van der Waals surface area contributed by atoms with Crippen molar-refractivity contribution < 1.29 is 28.6 Å². The lowest BCUT2D eigenvalue weighted by Crippen LogP contribution is -2.30. The Kier molecular flexibility index (Phi) is 69.1. The van der Waals surface area contributed by atoms with Crippen LogP contribution in [-0.2, 0) is 28.6 Å². The Labute approximate surface area is 517 Å². The predicted molar refractivity (Wildman–Crippen MR) is 362 cm³/mol. The van der Waals surface area contributed by atoms with Crippen LogP contribution in [0.25, 0.3) is 0 Å². The van der Waals surface area contributed by atoms with E-state index in [9.17, 15) is 14.4 Å². The van der Waals surface area contributed by atoms with E-state index < -0.39 is 6.10 Å². The summed E-state index contributed by atoms with van der Waals surface area (Å²) in [6.45, 7) is 6.65. The predicted octanol–water partition coefficient (Wildman–Crippen LogP) is 25.5. The van der Waals surface area contributed by atoms with Crippen molar-refractivity contribution in [3.05, 3.63) is 60.8 Å². The lowest BCUT2D eigenvalue weighted by molar-refractivity contribution is -0.167. The van der Waals surface area contributed by atoms with E-state index in [0.29, 0.717) is 19.3 Å². The number of allylic oxidation sites excluding steroid dienone is 10. The summed E-state index contributed by atoms with van der Waals surface area (Å²) in [6, 6.07) is 0. The van der Waals surface area contributed by atoms with Gasteiger partial charge >= 0.3 is 17.9 Å². The van der Waals surface area contributed by atoms with E-state index >= 15 is 0 Å². The van der Waals surface area contributed by atoms with Gasteiger partial charge in [0.15, 0.2) is 6.10 Å². The molecule has 0 radical (unpaired) electrons. The molecule has 0 saturated carbocycles. The maximum atomic E-state index is 13.0. The monoisotopic (exact) mass is 1160 g/mol. The summed E-state index contributed by atoms with van der Waals surface area (Å²) >= 11 is 0. The molecule has 0 spiro atoms. The van der Waals surface area contributed by atoms with E-state index in [2.05, 4.69) is 81.5 Å². The smallest absolute Gasteiger partial charge is 0.306 e. The molecule has 484 valence electrons. The van der Waals surface area contributed by atoms with Crippen LogP contribution in [-0.4, -0.2) is 37.2 Å². The Morgan fingerprint density at radius 2 is 0.434 bits per heavy atom. The number of hydrogen-bond donors (Lipinski definition) is 0. The van der Waals surface area contributed by atoms with E-state index in [0.717, 1.165) is 77.0 Å². The van der Waals surface area contributed by atoms with Crippen LogP contribution in [0.3, 0.4) is 0 Å². The first kappa shape index (κ1) is 80.1. The van der Waals surface area contributed by atoms with Gasteiger partial charge in [-0.25, -0.2) is 0 Å². The molecule has 0 aromatic rings. The first-order valence-electron chi connectivity index (χ1n) is 36.8. The first-order chi connectivity index (χ1) is 41.0. The molecule has 0 aliphatic heterocycles. The van der Waals surface area contributed by atoms with Gasteiger partial charge in [0.05, 0.1) is 0 Å². The number of esters is 3. The van der Waals surface area contributed by atoms with Crippen LogP contribution >= 0.6 is 0 Å². The zero-order valence-corrected chi connectivity index (χ0v) is 55.7. The van der Waals surface area contributed by atoms with Crippen LogP contribution < -0.4 is 0 Å². The van der Waals surface area contributed by atoms with Crippen molar-refractivity contribution in [1.29, 1.82) is 0 Å². The van der Waals surface area contributed by atoms with Gasteiger partial charge in [-0.1, -0.05) is 326 Å². The summed E-state index contributed by atoms with van der Waals surface area (Å²) in [5, 5.41) is 0. The number of ether oxygens (including phenoxy) is 3. The van der Waals surface area contributed by atoms with Crippen molar-refractivity contribution in [2.45, 2.75) is 399 Å². The number of rotatable bonds is 68. The first-order valence-corrected chi connectivity index (χ1v) is 36.8. The van der Waals surface area contributed by atoms with Gasteiger partial charge in [0.1, 0.15) is 13.2 Å². The van der Waals surface area contributed by atoms with Crippen LogP contribution in [0.1, 0.15) is 393 Å². The molecule has 0 aromatic heterocycles. The summed E-state index contributed by atoms with van der Waals surface area (Å²) in [7, 11) is 0. The topological polar surface area (TPSA) is 78.9 Å². The van der Waals surface area contributed by atoms with E-state index in [1.165, 1.54) is 276 Å². The van der Waals surface area contributed by atoms with Gasteiger partial charge in [-0.2, -0.15) is 0 Å². The van der Waals surface area contributed by atoms with Crippen molar-refractivity contribution in [2.75, 3.05) is 13.2 Å². The van der Waals surface area contributed by atoms with E-state index in [-0.39, 0.29) is 31.1 Å². The minimum absolute atomic E-state index is 0.0745. The van der Waals surface area contributed by atoms with E-state index in [1.54, 1.807) is 0 Å². The van der Waals surface area contributed by atoms with Gasteiger partial charge in [0.2, 0.25) is 0 Å². The lowest BCUT2D eigenvalue weighted by atomic mass is 10.0. The summed E-state index contributed by atoms with van der Waals surface area (Å²) in [5.74, 6) is -0.863. The Morgan fingerprint density at radius 1 is 0.241 bits per heavy atom. The van der Waals surface area contributed by atoms with Gasteiger partial charge in [-0.15, -0.1) is 0 Å². The van der Waals surface area contributed by atoms with Crippen LogP contribution in [0.5, 0.6) is 0 Å². The van der Waals surface area contributed by atoms with Gasteiger partial charge in [-0.3, -0.25) is 14.4 Å². The molecular weight excluding hydrogens is 1020 g/mol. The van der Waals surface area contributed by atoms with Gasteiger partial charge in [0, 0.05) is 19.3 Å². The maximum Gasteiger partial charge on any atom is 0.306 e. The quantitative estimate of drug-likeness (QED) is 0.0261. The molecule has 0 amide bonds. The number of unbranched alkanes of at least 4 members (excludes halogenated alkanes) is 47. The molecule has 0 N–H and O–H groups in total. The third-order valence-corrected chi connectivity index (χ3v) is 16.5. The molecule has 83 heavy (non-hydrogen) atoms. The summed E-state index contributed by atoms with van der Waals surface area (Å²) < 4.78 is 17.0. The lowest BCUT2D eigenvalue weighted by Gasteiger charge is -2.18. The van der Waals surface area contributed by atoms with E-state index in [1.807, 2.05) is 0 Å². The number of carbonyl (C=O) groups excluding carboxylic acids is 3.